The molecule has 0 fully saturated rings. The van der Waals surface area contributed by atoms with Crippen LogP contribution in [0.3, 0.4) is 0 Å². The molecule has 0 atom stereocenters. The van der Waals surface area contributed by atoms with Crippen LogP contribution >= 0.6 is 0 Å². The van der Waals surface area contributed by atoms with Crippen LogP contribution in [0.5, 0.6) is 5.75 Å². The number of benzene rings is 1. The normalized spacial score (nSPS) is 13.2. The van der Waals surface area contributed by atoms with Crippen LogP contribution in [-0.2, 0) is 22.2 Å². The number of aromatic hydroxyl groups is 1. The summed E-state index contributed by atoms with van der Waals surface area (Å²) in [7, 11) is 1.72. The quantitative estimate of drug-likeness (QED) is 0.762. The van der Waals surface area contributed by atoms with E-state index in [-0.39, 0.29) is 10.8 Å². The Balaban J connectivity index is 3.63. The average molecular weight is 306 g/mol. The van der Waals surface area contributed by atoms with E-state index in [1.807, 2.05) is 0 Å². The first-order chi connectivity index (χ1) is 9.96. The van der Waals surface area contributed by atoms with E-state index >= 15 is 0 Å². The summed E-state index contributed by atoms with van der Waals surface area (Å²) in [5.74, 6) is 1.33. The van der Waals surface area contributed by atoms with Gasteiger partial charge in [-0.2, -0.15) is 0 Å². The number of phenols is 1. The largest absolute Gasteiger partial charge is 0.507 e. The van der Waals surface area contributed by atoms with Gasteiger partial charge in [-0.3, -0.25) is 0 Å². The third-order valence-corrected chi connectivity index (χ3v) is 5.76. The number of ether oxygens (including phenoxy) is 1. The second kappa shape index (κ2) is 6.62. The molecule has 0 saturated carbocycles. The maximum Gasteiger partial charge on any atom is 0.123 e. The number of hydrogen-bond donors (Lipinski definition) is 1. The van der Waals surface area contributed by atoms with Gasteiger partial charge in [-0.1, -0.05) is 55.4 Å². The van der Waals surface area contributed by atoms with E-state index in [0.717, 1.165) is 16.7 Å². The zero-order chi connectivity index (χ0) is 17.3. The maximum absolute atomic E-state index is 11.0. The highest BCUT2D eigenvalue weighted by Crippen LogP contribution is 2.45. The molecule has 0 spiro atoms. The van der Waals surface area contributed by atoms with Crippen LogP contribution in [0.25, 0.3) is 0 Å². The molecule has 0 unspecified atom stereocenters. The lowest BCUT2D eigenvalue weighted by molar-refractivity contribution is 0.184. The number of phenolic OH excluding ortho intramolecular Hbond substituents is 1. The van der Waals surface area contributed by atoms with E-state index in [0.29, 0.717) is 24.2 Å². The predicted molar refractivity (Wildman–Crippen MR) is 94.5 cm³/mol. The van der Waals surface area contributed by atoms with Crippen molar-refractivity contribution in [2.45, 2.75) is 72.8 Å². The molecule has 22 heavy (non-hydrogen) atoms. The number of methoxy groups -OCH3 is 1. The van der Waals surface area contributed by atoms with Crippen LogP contribution < -0.4 is 0 Å². The van der Waals surface area contributed by atoms with Crippen molar-refractivity contribution in [3.05, 3.63) is 28.8 Å². The summed E-state index contributed by atoms with van der Waals surface area (Å²) >= 11 is 0. The Morgan fingerprint density at radius 3 is 1.55 bits per heavy atom. The number of rotatable bonds is 6. The minimum atomic E-state index is -0.0877. The van der Waals surface area contributed by atoms with E-state index in [9.17, 15) is 5.11 Å². The monoisotopic (exact) mass is 306 g/mol. The molecule has 0 heterocycles. The number of hydrogen-bond acceptors (Lipinski definition) is 2. The van der Waals surface area contributed by atoms with E-state index in [1.165, 1.54) is 0 Å². The lowest BCUT2D eigenvalue weighted by atomic mass is 9.69. The fourth-order valence-electron chi connectivity index (χ4n) is 2.55. The van der Waals surface area contributed by atoms with Gasteiger partial charge in [-0.05, 0) is 40.4 Å². The molecule has 1 aromatic carbocycles. The zero-order valence-corrected chi connectivity index (χ0v) is 15.9. The van der Waals surface area contributed by atoms with Gasteiger partial charge >= 0.3 is 0 Å². The fourth-order valence-corrected chi connectivity index (χ4v) is 2.55. The molecular formula is C20H34O2. The Morgan fingerprint density at radius 1 is 0.909 bits per heavy atom. The molecule has 0 aliphatic rings. The first-order valence-electron chi connectivity index (χ1n) is 8.32. The molecule has 0 amide bonds. The van der Waals surface area contributed by atoms with Crippen LogP contribution in [-0.4, -0.2) is 12.2 Å². The lowest BCUT2D eigenvalue weighted by Gasteiger charge is -2.36. The molecular weight excluding hydrogens is 272 g/mol. The maximum atomic E-state index is 11.0. The first kappa shape index (κ1) is 19.0. The highest BCUT2D eigenvalue weighted by atomic mass is 16.5. The first-order valence-corrected chi connectivity index (χ1v) is 8.32. The van der Waals surface area contributed by atoms with Crippen molar-refractivity contribution in [2.75, 3.05) is 7.11 Å². The van der Waals surface area contributed by atoms with E-state index < -0.39 is 0 Å². The van der Waals surface area contributed by atoms with E-state index in [1.54, 1.807) is 7.11 Å². The summed E-state index contributed by atoms with van der Waals surface area (Å²) in [5, 5.41) is 11.0. The summed E-state index contributed by atoms with van der Waals surface area (Å²) in [4.78, 5) is 0. The zero-order valence-electron chi connectivity index (χ0n) is 15.9. The minimum Gasteiger partial charge on any atom is -0.507 e. The molecule has 0 bridgehead atoms. The van der Waals surface area contributed by atoms with Gasteiger partial charge in [-0.25, -0.2) is 0 Å². The Kier molecular flexibility index (Phi) is 5.72. The third-order valence-electron chi connectivity index (χ3n) is 5.76. The summed E-state index contributed by atoms with van der Waals surface area (Å²) in [6, 6.07) is 4.22. The molecule has 0 aromatic heterocycles. The summed E-state index contributed by atoms with van der Waals surface area (Å²) < 4.78 is 5.34. The van der Waals surface area contributed by atoms with Gasteiger partial charge in [0.05, 0.1) is 6.61 Å². The van der Waals surface area contributed by atoms with Gasteiger partial charge in [0.25, 0.3) is 0 Å². The van der Waals surface area contributed by atoms with Crippen molar-refractivity contribution in [1.82, 2.24) is 0 Å². The van der Waals surface area contributed by atoms with Crippen molar-refractivity contribution < 1.29 is 9.84 Å². The fraction of sp³-hybridized carbons (Fsp3) is 0.700. The van der Waals surface area contributed by atoms with Gasteiger partial charge in [-0.15, -0.1) is 0 Å². The standard InChI is InChI=1S/C20H34O2/c1-13(2)19(5,6)16-10-15(12-22-9)11-17(18(16)21)20(7,8)14(3)4/h10-11,13-14,21H,12H2,1-9H3. The predicted octanol–water partition coefficient (Wildman–Crippen LogP) is 5.41. The molecule has 0 radical (unpaired) electrons. The molecule has 0 saturated heterocycles. The summed E-state index contributed by atoms with van der Waals surface area (Å²) in [6.07, 6.45) is 0. The van der Waals surface area contributed by atoms with Crippen LogP contribution in [0.4, 0.5) is 0 Å². The van der Waals surface area contributed by atoms with E-state index in [4.69, 9.17) is 4.74 Å². The van der Waals surface area contributed by atoms with Crippen LogP contribution in [0.15, 0.2) is 12.1 Å². The Morgan fingerprint density at radius 2 is 1.27 bits per heavy atom. The second-order valence-corrected chi connectivity index (χ2v) is 8.23. The van der Waals surface area contributed by atoms with Gasteiger partial charge < -0.3 is 9.84 Å². The van der Waals surface area contributed by atoms with Gasteiger partial charge in [0, 0.05) is 18.2 Å². The highest BCUT2D eigenvalue weighted by Gasteiger charge is 2.34. The molecule has 2 nitrogen and oxygen atoms in total. The average Bonchev–Trinajstić information content (AvgIpc) is 2.39. The Labute approximate surface area is 136 Å². The lowest BCUT2D eigenvalue weighted by Crippen LogP contribution is -2.29. The molecule has 1 rings (SSSR count). The van der Waals surface area contributed by atoms with Gasteiger partial charge in [0.1, 0.15) is 5.75 Å². The third kappa shape index (κ3) is 3.48. The van der Waals surface area contributed by atoms with Gasteiger partial charge in [0.2, 0.25) is 0 Å². The van der Waals surface area contributed by atoms with Crippen molar-refractivity contribution in [1.29, 1.82) is 0 Å². The summed E-state index contributed by atoms with van der Waals surface area (Å²) in [5.41, 5.74) is 3.01. The SMILES string of the molecule is COCc1cc(C(C)(C)C(C)C)c(O)c(C(C)(C)C(C)C)c1. The topological polar surface area (TPSA) is 29.5 Å². The highest BCUT2D eigenvalue weighted by molar-refractivity contribution is 5.50. The van der Waals surface area contributed by atoms with Crippen molar-refractivity contribution in [2.24, 2.45) is 11.8 Å². The molecule has 0 aliphatic carbocycles. The molecule has 1 N–H and O–H groups in total. The molecule has 2 heteroatoms. The Hall–Kier alpha value is -1.02. The van der Waals surface area contributed by atoms with Crippen LogP contribution in [0.2, 0.25) is 0 Å². The van der Waals surface area contributed by atoms with Crippen LogP contribution in [0, 0.1) is 11.8 Å². The van der Waals surface area contributed by atoms with Gasteiger partial charge in [0.15, 0.2) is 0 Å². The smallest absolute Gasteiger partial charge is 0.123 e. The van der Waals surface area contributed by atoms with Crippen molar-refractivity contribution in [3.63, 3.8) is 0 Å². The minimum absolute atomic E-state index is 0.0877. The van der Waals surface area contributed by atoms with Crippen molar-refractivity contribution in [3.8, 4) is 5.75 Å². The van der Waals surface area contributed by atoms with Crippen LogP contribution in [0.1, 0.15) is 72.1 Å². The molecule has 126 valence electrons. The molecule has 1 aromatic rings. The van der Waals surface area contributed by atoms with Crippen molar-refractivity contribution >= 4 is 0 Å². The summed E-state index contributed by atoms with van der Waals surface area (Å²) in [6.45, 7) is 18.2. The Bertz CT molecular complexity index is 469. The van der Waals surface area contributed by atoms with E-state index in [2.05, 4.69) is 67.5 Å². The molecule has 0 aliphatic heterocycles. The second-order valence-electron chi connectivity index (χ2n) is 8.23.